The van der Waals surface area contributed by atoms with Crippen molar-refractivity contribution in [3.63, 3.8) is 0 Å². The zero-order valence-corrected chi connectivity index (χ0v) is 11.9. The fourth-order valence-corrected chi connectivity index (χ4v) is 2.33. The van der Waals surface area contributed by atoms with Crippen molar-refractivity contribution in [3.8, 4) is 22.6 Å². The predicted molar refractivity (Wildman–Crippen MR) is 78.2 cm³/mol. The zero-order valence-electron chi connectivity index (χ0n) is 11.1. The molecule has 6 heteroatoms. The highest BCUT2D eigenvalue weighted by Crippen LogP contribution is 2.45. The molecule has 0 bridgehead atoms. The van der Waals surface area contributed by atoms with Crippen LogP contribution in [0.4, 0.5) is 5.82 Å². The summed E-state index contributed by atoms with van der Waals surface area (Å²) < 4.78 is 11.3. The van der Waals surface area contributed by atoms with Gasteiger partial charge in [0.15, 0.2) is 11.5 Å². The summed E-state index contributed by atoms with van der Waals surface area (Å²) in [4.78, 5) is 0. The topological polar surface area (TPSA) is 73.2 Å². The van der Waals surface area contributed by atoms with Gasteiger partial charge >= 0.3 is 0 Å². The number of aromatic nitrogens is 2. The molecule has 1 fully saturated rings. The maximum atomic E-state index is 6.32. The lowest BCUT2D eigenvalue weighted by atomic mass is 10.1. The van der Waals surface area contributed by atoms with Crippen LogP contribution in [0.2, 0.25) is 5.02 Å². The average Bonchev–Trinajstić information content (AvgIpc) is 3.18. The van der Waals surface area contributed by atoms with E-state index < -0.39 is 0 Å². The summed E-state index contributed by atoms with van der Waals surface area (Å²) in [7, 11) is 1.61. The Balaban J connectivity index is 2.07. The van der Waals surface area contributed by atoms with E-state index in [0.717, 1.165) is 11.1 Å². The van der Waals surface area contributed by atoms with Gasteiger partial charge in [-0.3, -0.25) is 5.10 Å². The maximum Gasteiger partial charge on any atom is 0.170 e. The summed E-state index contributed by atoms with van der Waals surface area (Å²) in [5.74, 6) is 2.36. The molecule has 0 radical (unpaired) electrons. The smallest absolute Gasteiger partial charge is 0.170 e. The van der Waals surface area contributed by atoms with Gasteiger partial charge < -0.3 is 15.2 Å². The summed E-state index contributed by atoms with van der Waals surface area (Å²) in [6.07, 6.45) is 4.07. The molecule has 1 aromatic heterocycles. The van der Waals surface area contributed by atoms with Gasteiger partial charge in [-0.05, 0) is 30.9 Å². The predicted octanol–water partition coefficient (Wildman–Crippen LogP) is 3.11. The molecule has 20 heavy (non-hydrogen) atoms. The Hall–Kier alpha value is -1.88. The number of rotatable bonds is 5. The molecule has 1 aliphatic rings. The molecule has 5 nitrogen and oxygen atoms in total. The van der Waals surface area contributed by atoms with Gasteiger partial charge in [-0.1, -0.05) is 11.6 Å². The van der Waals surface area contributed by atoms with Crippen LogP contribution in [-0.4, -0.2) is 23.9 Å². The minimum atomic E-state index is 0.455. The van der Waals surface area contributed by atoms with Crippen LogP contribution in [-0.2, 0) is 0 Å². The second kappa shape index (κ2) is 5.25. The minimum Gasteiger partial charge on any atom is -0.493 e. The van der Waals surface area contributed by atoms with Crippen LogP contribution >= 0.6 is 11.6 Å². The quantitative estimate of drug-likeness (QED) is 0.888. The van der Waals surface area contributed by atoms with Crippen LogP contribution in [0.5, 0.6) is 11.5 Å². The van der Waals surface area contributed by atoms with E-state index in [1.165, 1.54) is 12.8 Å². The average molecular weight is 294 g/mol. The number of ether oxygens (including phenoxy) is 2. The number of hydrogen-bond donors (Lipinski definition) is 2. The Labute approximate surface area is 122 Å². The lowest BCUT2D eigenvalue weighted by molar-refractivity contribution is 0.281. The Morgan fingerprint density at radius 1 is 1.45 bits per heavy atom. The Kier molecular flexibility index (Phi) is 3.44. The number of anilines is 1. The SMILES string of the molecule is COc1ccc(Cl)c(-c2cn[nH]c2N)c1OCC1CC1. The van der Waals surface area contributed by atoms with Gasteiger partial charge in [0.05, 0.1) is 30.5 Å². The van der Waals surface area contributed by atoms with E-state index in [0.29, 0.717) is 34.9 Å². The lowest BCUT2D eigenvalue weighted by Crippen LogP contribution is -2.03. The van der Waals surface area contributed by atoms with E-state index in [-0.39, 0.29) is 0 Å². The van der Waals surface area contributed by atoms with Gasteiger partial charge in [-0.25, -0.2) is 0 Å². The van der Waals surface area contributed by atoms with E-state index >= 15 is 0 Å². The van der Waals surface area contributed by atoms with Crippen molar-refractivity contribution in [2.75, 3.05) is 19.5 Å². The van der Waals surface area contributed by atoms with Crippen molar-refractivity contribution in [2.24, 2.45) is 5.92 Å². The molecule has 3 rings (SSSR count). The van der Waals surface area contributed by atoms with E-state index in [1.807, 2.05) is 0 Å². The molecule has 0 aliphatic heterocycles. The Bertz CT molecular complexity index is 623. The number of hydrogen-bond acceptors (Lipinski definition) is 4. The third-order valence-electron chi connectivity index (χ3n) is 3.39. The van der Waals surface area contributed by atoms with Crippen molar-refractivity contribution in [3.05, 3.63) is 23.4 Å². The monoisotopic (exact) mass is 293 g/mol. The molecule has 0 amide bonds. The number of nitrogen functional groups attached to an aromatic ring is 1. The van der Waals surface area contributed by atoms with Gasteiger partial charge in [0, 0.05) is 5.56 Å². The molecule has 1 aliphatic carbocycles. The fourth-order valence-electron chi connectivity index (χ4n) is 2.08. The first kappa shape index (κ1) is 13.1. The molecule has 106 valence electrons. The number of halogens is 1. The Morgan fingerprint density at radius 3 is 2.85 bits per heavy atom. The highest BCUT2D eigenvalue weighted by molar-refractivity contribution is 6.34. The lowest BCUT2D eigenvalue weighted by Gasteiger charge is -2.16. The number of methoxy groups -OCH3 is 1. The molecule has 1 heterocycles. The van der Waals surface area contributed by atoms with Crippen molar-refractivity contribution in [1.29, 1.82) is 0 Å². The molecule has 0 spiro atoms. The van der Waals surface area contributed by atoms with Crippen LogP contribution < -0.4 is 15.2 Å². The first-order chi connectivity index (χ1) is 9.70. The highest BCUT2D eigenvalue weighted by Gasteiger charge is 2.25. The summed E-state index contributed by atoms with van der Waals surface area (Å²) in [5.41, 5.74) is 7.34. The van der Waals surface area contributed by atoms with Gasteiger partial charge in [0.2, 0.25) is 0 Å². The zero-order chi connectivity index (χ0) is 14.1. The number of nitrogens with zero attached hydrogens (tertiary/aromatic N) is 1. The standard InChI is InChI=1S/C14H16ClN3O2/c1-19-11-5-4-10(15)12(9-6-17-18-14(9)16)13(11)20-7-8-2-3-8/h4-6,8H,2-3,7H2,1H3,(H3,16,17,18). The second-order valence-corrected chi connectivity index (χ2v) is 5.31. The molecular formula is C14H16ClN3O2. The van der Waals surface area contributed by atoms with Crippen LogP contribution in [0, 0.1) is 5.92 Å². The molecule has 1 saturated carbocycles. The fraction of sp³-hybridized carbons (Fsp3) is 0.357. The highest BCUT2D eigenvalue weighted by atomic mass is 35.5. The van der Waals surface area contributed by atoms with Crippen LogP contribution in [0.25, 0.3) is 11.1 Å². The summed E-state index contributed by atoms with van der Waals surface area (Å²) >= 11 is 6.32. The van der Waals surface area contributed by atoms with Crippen molar-refractivity contribution < 1.29 is 9.47 Å². The van der Waals surface area contributed by atoms with Gasteiger partial charge in [-0.15, -0.1) is 0 Å². The molecule has 0 unspecified atom stereocenters. The summed E-state index contributed by atoms with van der Waals surface area (Å²) in [6, 6.07) is 3.57. The van der Waals surface area contributed by atoms with Crippen LogP contribution in [0.1, 0.15) is 12.8 Å². The van der Waals surface area contributed by atoms with Crippen molar-refractivity contribution >= 4 is 17.4 Å². The first-order valence-electron chi connectivity index (χ1n) is 6.49. The number of nitrogens with one attached hydrogen (secondary N) is 1. The van der Waals surface area contributed by atoms with Gasteiger partial charge in [-0.2, -0.15) is 5.10 Å². The second-order valence-electron chi connectivity index (χ2n) is 4.91. The van der Waals surface area contributed by atoms with Gasteiger partial charge in [0.25, 0.3) is 0 Å². The minimum absolute atomic E-state index is 0.455. The van der Waals surface area contributed by atoms with Crippen LogP contribution in [0.3, 0.4) is 0 Å². The largest absolute Gasteiger partial charge is 0.493 e. The first-order valence-corrected chi connectivity index (χ1v) is 6.87. The van der Waals surface area contributed by atoms with Gasteiger partial charge in [0.1, 0.15) is 5.82 Å². The molecule has 1 aromatic carbocycles. The number of nitrogens with two attached hydrogens (primary N) is 1. The molecular weight excluding hydrogens is 278 g/mol. The number of H-pyrrole nitrogens is 1. The maximum absolute atomic E-state index is 6.32. The molecule has 0 atom stereocenters. The molecule has 3 N–H and O–H groups in total. The van der Waals surface area contributed by atoms with E-state index in [4.69, 9.17) is 26.8 Å². The van der Waals surface area contributed by atoms with E-state index in [9.17, 15) is 0 Å². The van der Waals surface area contributed by atoms with E-state index in [2.05, 4.69) is 10.2 Å². The van der Waals surface area contributed by atoms with Crippen LogP contribution in [0.15, 0.2) is 18.3 Å². The van der Waals surface area contributed by atoms with Crippen molar-refractivity contribution in [2.45, 2.75) is 12.8 Å². The number of benzene rings is 1. The third-order valence-corrected chi connectivity index (χ3v) is 3.70. The summed E-state index contributed by atoms with van der Waals surface area (Å²) in [5, 5.41) is 7.21. The normalized spacial score (nSPS) is 14.3. The number of aromatic amines is 1. The van der Waals surface area contributed by atoms with Crippen molar-refractivity contribution in [1.82, 2.24) is 10.2 Å². The van der Waals surface area contributed by atoms with E-state index in [1.54, 1.807) is 25.4 Å². The Morgan fingerprint density at radius 2 is 2.25 bits per heavy atom. The molecule has 0 saturated heterocycles. The summed E-state index contributed by atoms with van der Waals surface area (Å²) in [6.45, 7) is 0.668. The third kappa shape index (κ3) is 2.41. The molecule has 2 aromatic rings.